The molecule has 8 N–H and O–H groups in total. The highest BCUT2D eigenvalue weighted by atomic mass is 16.4. The van der Waals surface area contributed by atoms with Crippen molar-refractivity contribution >= 4 is 35.6 Å². The van der Waals surface area contributed by atoms with Crippen LogP contribution in [0.25, 0.3) is 0 Å². The number of carbonyl (C=O) groups excluding carboxylic acids is 4. The summed E-state index contributed by atoms with van der Waals surface area (Å²) in [5.74, 6) is -5.80. The Bertz CT molecular complexity index is 776. The minimum atomic E-state index is -1.62. The van der Waals surface area contributed by atoms with Gasteiger partial charge in [-0.2, -0.15) is 0 Å². The first-order chi connectivity index (χ1) is 16.0. The van der Waals surface area contributed by atoms with Crippen LogP contribution in [0.2, 0.25) is 0 Å². The van der Waals surface area contributed by atoms with Gasteiger partial charge < -0.3 is 41.9 Å². The Labute approximate surface area is 196 Å². The van der Waals surface area contributed by atoms with Crippen LogP contribution in [-0.2, 0) is 28.8 Å². The molecule has 34 heavy (non-hydrogen) atoms. The van der Waals surface area contributed by atoms with Gasteiger partial charge in [0.1, 0.15) is 24.2 Å². The molecule has 0 unspecified atom stereocenters. The maximum Gasteiger partial charge on any atom is 0.326 e. The third-order valence-electron chi connectivity index (χ3n) is 5.27. The van der Waals surface area contributed by atoms with E-state index < -0.39 is 72.8 Å². The first kappa shape index (κ1) is 28.8. The Balaban J connectivity index is 3.03. The fourth-order valence-electron chi connectivity index (χ4n) is 3.61. The molecule has 0 radical (unpaired) electrons. The Hall–Kier alpha value is -3.26. The van der Waals surface area contributed by atoms with Crippen LogP contribution < -0.4 is 21.7 Å². The van der Waals surface area contributed by atoms with Crippen molar-refractivity contribution in [3.63, 3.8) is 0 Å². The summed E-state index contributed by atoms with van der Waals surface area (Å²) in [4.78, 5) is 73.4. The number of rotatable bonds is 14. The zero-order valence-corrected chi connectivity index (χ0v) is 19.0. The summed E-state index contributed by atoms with van der Waals surface area (Å²) < 4.78 is 0. The first-order valence-electron chi connectivity index (χ1n) is 11.0. The number of hydrogen-bond acceptors (Lipinski definition) is 8. The molecule has 0 aromatic carbocycles. The van der Waals surface area contributed by atoms with E-state index in [0.717, 1.165) is 6.92 Å². The van der Waals surface area contributed by atoms with Crippen LogP contribution in [0.1, 0.15) is 45.4 Å². The van der Waals surface area contributed by atoms with Gasteiger partial charge in [0, 0.05) is 13.5 Å². The van der Waals surface area contributed by atoms with E-state index in [1.54, 1.807) is 0 Å². The van der Waals surface area contributed by atoms with E-state index in [1.807, 2.05) is 0 Å². The molecule has 1 saturated heterocycles. The third-order valence-corrected chi connectivity index (χ3v) is 5.27. The molecule has 0 aliphatic carbocycles. The number of aliphatic carboxylic acids is 2. The molecule has 4 amide bonds. The second kappa shape index (κ2) is 14.1. The second-order valence-corrected chi connectivity index (χ2v) is 7.97. The molecule has 0 spiro atoms. The quantitative estimate of drug-likeness (QED) is 0.124. The van der Waals surface area contributed by atoms with Gasteiger partial charge in [-0.15, -0.1) is 0 Å². The Morgan fingerprint density at radius 1 is 0.971 bits per heavy atom. The number of nitrogens with one attached hydrogen (secondary N) is 3. The van der Waals surface area contributed by atoms with Gasteiger partial charge in [-0.3, -0.25) is 24.0 Å². The van der Waals surface area contributed by atoms with E-state index in [0.29, 0.717) is 25.8 Å². The van der Waals surface area contributed by atoms with Crippen molar-refractivity contribution in [3.05, 3.63) is 0 Å². The molecule has 0 bridgehead atoms. The van der Waals surface area contributed by atoms with Gasteiger partial charge >= 0.3 is 11.9 Å². The van der Waals surface area contributed by atoms with Gasteiger partial charge in [-0.25, -0.2) is 4.79 Å². The number of carbonyl (C=O) groups is 6. The van der Waals surface area contributed by atoms with Crippen LogP contribution in [0.4, 0.5) is 0 Å². The lowest BCUT2D eigenvalue weighted by Gasteiger charge is -2.29. The summed E-state index contributed by atoms with van der Waals surface area (Å²) >= 11 is 0. The van der Waals surface area contributed by atoms with E-state index in [4.69, 9.17) is 10.8 Å². The van der Waals surface area contributed by atoms with Crippen molar-refractivity contribution in [1.82, 2.24) is 20.9 Å². The lowest BCUT2D eigenvalue weighted by atomic mass is 10.1. The molecule has 4 atom stereocenters. The van der Waals surface area contributed by atoms with E-state index in [1.165, 1.54) is 4.90 Å². The smallest absolute Gasteiger partial charge is 0.326 e. The van der Waals surface area contributed by atoms with Crippen molar-refractivity contribution in [2.24, 2.45) is 5.73 Å². The SMILES string of the molecule is CC(=O)N[C@H](CO)C(=O)N[C@@H](CC(=O)O)C(=O)N[C@@H](CCCCN)C(=O)N1CCC[C@@H]1C(=O)O. The summed E-state index contributed by atoms with van der Waals surface area (Å²) in [7, 11) is 0. The Morgan fingerprint density at radius 2 is 1.59 bits per heavy atom. The van der Waals surface area contributed by atoms with Crippen LogP contribution in [0.3, 0.4) is 0 Å². The van der Waals surface area contributed by atoms with Crippen LogP contribution in [0.5, 0.6) is 0 Å². The number of nitrogens with zero attached hydrogens (tertiary/aromatic N) is 1. The minimum Gasteiger partial charge on any atom is -0.481 e. The van der Waals surface area contributed by atoms with E-state index in [-0.39, 0.29) is 19.4 Å². The number of carboxylic acids is 2. The summed E-state index contributed by atoms with van der Waals surface area (Å²) in [6.07, 6.45) is 1.02. The average molecular weight is 488 g/mol. The first-order valence-corrected chi connectivity index (χ1v) is 11.0. The molecular weight excluding hydrogens is 454 g/mol. The third kappa shape index (κ3) is 8.94. The number of carboxylic acid groups (broad SMARTS) is 2. The number of nitrogens with two attached hydrogens (primary N) is 1. The second-order valence-electron chi connectivity index (χ2n) is 7.97. The molecule has 1 heterocycles. The molecular formula is C20H33N5O9. The molecule has 0 aromatic heterocycles. The lowest BCUT2D eigenvalue weighted by Crippen LogP contribution is -2.58. The van der Waals surface area contributed by atoms with E-state index >= 15 is 0 Å². The zero-order valence-electron chi connectivity index (χ0n) is 19.0. The summed E-state index contributed by atoms with van der Waals surface area (Å²) in [6, 6.07) is -5.22. The summed E-state index contributed by atoms with van der Waals surface area (Å²) in [6.45, 7) is 0.846. The molecule has 0 saturated carbocycles. The van der Waals surface area contributed by atoms with Gasteiger partial charge in [-0.1, -0.05) is 0 Å². The molecule has 14 heteroatoms. The van der Waals surface area contributed by atoms with E-state index in [2.05, 4.69) is 16.0 Å². The van der Waals surface area contributed by atoms with E-state index in [9.17, 15) is 39.0 Å². The van der Waals surface area contributed by atoms with Gasteiger partial charge in [0.05, 0.1) is 13.0 Å². The Morgan fingerprint density at radius 3 is 2.12 bits per heavy atom. The van der Waals surface area contributed by atoms with Crippen molar-refractivity contribution in [3.8, 4) is 0 Å². The highest BCUT2D eigenvalue weighted by Gasteiger charge is 2.38. The number of aliphatic hydroxyl groups excluding tert-OH is 1. The molecule has 1 rings (SSSR count). The largest absolute Gasteiger partial charge is 0.481 e. The van der Waals surface area contributed by atoms with Crippen LogP contribution in [0, 0.1) is 0 Å². The molecule has 1 aliphatic heterocycles. The maximum absolute atomic E-state index is 13.1. The minimum absolute atomic E-state index is 0.128. The predicted molar refractivity (Wildman–Crippen MR) is 116 cm³/mol. The number of unbranched alkanes of at least 4 members (excludes halogenated alkanes) is 1. The number of aliphatic hydroxyl groups is 1. The fraction of sp³-hybridized carbons (Fsp3) is 0.700. The fourth-order valence-corrected chi connectivity index (χ4v) is 3.61. The Kier molecular flexibility index (Phi) is 11.9. The maximum atomic E-state index is 13.1. The monoisotopic (exact) mass is 487 g/mol. The van der Waals surface area contributed by atoms with Crippen LogP contribution >= 0.6 is 0 Å². The topological polar surface area (TPSA) is 228 Å². The molecule has 0 aromatic rings. The van der Waals surface area contributed by atoms with Crippen LogP contribution in [-0.4, -0.2) is 99.7 Å². The highest BCUT2D eigenvalue weighted by molar-refractivity contribution is 5.96. The van der Waals surface area contributed by atoms with Gasteiger partial charge in [0.15, 0.2) is 0 Å². The predicted octanol–water partition coefficient (Wildman–Crippen LogP) is -2.87. The number of hydrogen-bond donors (Lipinski definition) is 7. The highest BCUT2D eigenvalue weighted by Crippen LogP contribution is 2.20. The van der Waals surface area contributed by atoms with Crippen molar-refractivity contribution in [1.29, 1.82) is 0 Å². The van der Waals surface area contributed by atoms with Gasteiger partial charge in [0.2, 0.25) is 23.6 Å². The normalized spacial score (nSPS) is 17.9. The summed E-state index contributed by atoms with van der Waals surface area (Å²) in [5.41, 5.74) is 5.49. The molecule has 1 fully saturated rings. The van der Waals surface area contributed by atoms with Gasteiger partial charge in [0.25, 0.3) is 0 Å². The van der Waals surface area contributed by atoms with Crippen molar-refractivity contribution < 1.29 is 44.1 Å². The average Bonchev–Trinajstić information content (AvgIpc) is 3.25. The molecule has 14 nitrogen and oxygen atoms in total. The lowest BCUT2D eigenvalue weighted by molar-refractivity contribution is -0.149. The molecule has 192 valence electrons. The van der Waals surface area contributed by atoms with Crippen molar-refractivity contribution in [2.75, 3.05) is 19.7 Å². The zero-order chi connectivity index (χ0) is 25.8. The van der Waals surface area contributed by atoms with Crippen molar-refractivity contribution in [2.45, 2.75) is 69.6 Å². The number of likely N-dealkylation sites (tertiary alicyclic amines) is 1. The molecule has 1 aliphatic rings. The van der Waals surface area contributed by atoms with Crippen LogP contribution in [0.15, 0.2) is 0 Å². The van der Waals surface area contributed by atoms with Gasteiger partial charge in [-0.05, 0) is 38.6 Å². The standard InChI is InChI=1S/C20H33N5O9/c1-11(27)22-14(10-26)18(31)24-13(9-16(28)29)17(30)23-12(5-2-3-7-21)19(32)25-8-4-6-15(25)20(33)34/h12-15,26H,2-10,21H2,1H3,(H,22,27)(H,23,30)(H,24,31)(H,28,29)(H,33,34)/t12-,13-,14+,15+/m0/s1. The summed E-state index contributed by atoms with van der Waals surface area (Å²) in [5, 5.41) is 34.6. The number of amides is 4.